The van der Waals surface area contributed by atoms with E-state index in [1.165, 1.54) is 24.3 Å². The number of alkyl halides is 3. The van der Waals surface area contributed by atoms with Crippen molar-refractivity contribution in [3.05, 3.63) is 65.0 Å². The number of benzene rings is 2. The molecule has 4 nitrogen and oxygen atoms in total. The molecule has 0 spiro atoms. The van der Waals surface area contributed by atoms with Gasteiger partial charge >= 0.3 is 6.18 Å². The van der Waals surface area contributed by atoms with Crippen molar-refractivity contribution >= 4 is 11.6 Å². The topological polar surface area (TPSA) is 47.3 Å². The van der Waals surface area contributed by atoms with Gasteiger partial charge in [0.25, 0.3) is 0 Å². The smallest absolute Gasteiger partial charge is 0.365 e. The minimum Gasteiger partial charge on any atom is -0.365 e. The largest absolute Gasteiger partial charge is 0.416 e. The lowest BCUT2D eigenvalue weighted by molar-refractivity contribution is -0.137. The van der Waals surface area contributed by atoms with Gasteiger partial charge in [0.15, 0.2) is 0 Å². The Morgan fingerprint density at radius 3 is 2.30 bits per heavy atom. The Labute approximate surface area is 171 Å². The molecule has 4 rings (SSSR count). The van der Waals surface area contributed by atoms with Crippen LogP contribution in [0.5, 0.6) is 0 Å². The van der Waals surface area contributed by atoms with E-state index >= 15 is 0 Å². The Bertz CT molecular complexity index is 989. The number of hydrogen-bond acceptors (Lipinski definition) is 3. The number of piperazine rings is 1. The zero-order valence-corrected chi connectivity index (χ0v) is 16.0. The SMILES string of the molecule is N#Cc1cccc(F)c1N1CCN(C(=O)[C@@H]2CC2c2ccc(C(F)(F)F)cc2)CC1. The number of rotatable bonds is 3. The first-order valence-corrected chi connectivity index (χ1v) is 9.69. The number of halogens is 4. The molecule has 1 saturated carbocycles. The van der Waals surface area contributed by atoms with Gasteiger partial charge in [-0.2, -0.15) is 18.4 Å². The second-order valence-corrected chi connectivity index (χ2v) is 7.63. The molecule has 1 aliphatic heterocycles. The van der Waals surface area contributed by atoms with Gasteiger partial charge in [-0.1, -0.05) is 18.2 Å². The molecule has 2 atom stereocenters. The molecule has 1 saturated heterocycles. The van der Waals surface area contributed by atoms with Crippen molar-refractivity contribution in [2.24, 2.45) is 5.92 Å². The third kappa shape index (κ3) is 3.84. The van der Waals surface area contributed by atoms with Gasteiger partial charge in [0.05, 0.1) is 16.8 Å². The van der Waals surface area contributed by atoms with Crippen LogP contribution in [0.25, 0.3) is 0 Å². The minimum absolute atomic E-state index is 0.0198. The first kappa shape index (κ1) is 20.2. The van der Waals surface area contributed by atoms with Gasteiger partial charge in [0.1, 0.15) is 11.9 Å². The van der Waals surface area contributed by atoms with Crippen LogP contribution in [0.2, 0.25) is 0 Å². The number of anilines is 1. The molecule has 0 bridgehead atoms. The van der Waals surface area contributed by atoms with Crippen molar-refractivity contribution in [3.63, 3.8) is 0 Å². The first-order valence-electron chi connectivity index (χ1n) is 9.69. The van der Waals surface area contributed by atoms with Gasteiger partial charge in [-0.05, 0) is 42.2 Å². The van der Waals surface area contributed by atoms with Gasteiger partial charge in [-0.15, -0.1) is 0 Å². The average Bonchev–Trinajstić information content (AvgIpc) is 3.53. The maximum atomic E-state index is 14.2. The van der Waals surface area contributed by atoms with Gasteiger partial charge in [-0.25, -0.2) is 4.39 Å². The monoisotopic (exact) mass is 417 g/mol. The summed E-state index contributed by atoms with van der Waals surface area (Å²) in [6.45, 7) is 1.65. The standard InChI is InChI=1S/C22H19F4N3O/c23-19-3-1-2-15(13-27)20(19)28-8-10-29(11-9-28)21(30)18-12-17(18)14-4-6-16(7-5-14)22(24,25)26/h1-7,17-18H,8-12H2/t17?,18-/m1/s1. The van der Waals surface area contributed by atoms with E-state index in [1.54, 1.807) is 15.9 Å². The van der Waals surface area contributed by atoms with Gasteiger partial charge < -0.3 is 9.80 Å². The normalized spacial score (nSPS) is 21.3. The lowest BCUT2D eigenvalue weighted by atomic mass is 10.1. The lowest BCUT2D eigenvalue weighted by Crippen LogP contribution is -2.49. The van der Waals surface area contributed by atoms with Crippen LogP contribution in [0.1, 0.15) is 29.0 Å². The highest BCUT2D eigenvalue weighted by Crippen LogP contribution is 2.49. The number of carbonyl (C=O) groups is 1. The van der Waals surface area contributed by atoms with Crippen LogP contribution in [-0.4, -0.2) is 37.0 Å². The highest BCUT2D eigenvalue weighted by atomic mass is 19.4. The van der Waals surface area contributed by atoms with Crippen LogP contribution in [0, 0.1) is 23.1 Å². The van der Waals surface area contributed by atoms with Crippen molar-refractivity contribution in [2.45, 2.75) is 18.5 Å². The number of nitrogens with zero attached hydrogens (tertiary/aromatic N) is 3. The van der Waals surface area contributed by atoms with E-state index < -0.39 is 17.6 Å². The summed E-state index contributed by atoms with van der Waals surface area (Å²) in [5.41, 5.74) is 0.571. The van der Waals surface area contributed by atoms with E-state index in [9.17, 15) is 27.6 Å². The fraction of sp³-hybridized carbons (Fsp3) is 0.364. The van der Waals surface area contributed by atoms with Crippen LogP contribution < -0.4 is 4.90 Å². The number of para-hydroxylation sites is 1. The second-order valence-electron chi connectivity index (χ2n) is 7.63. The summed E-state index contributed by atoms with van der Waals surface area (Å²) in [7, 11) is 0. The minimum atomic E-state index is -4.37. The van der Waals surface area contributed by atoms with E-state index in [1.807, 2.05) is 6.07 Å². The molecule has 1 amide bonds. The van der Waals surface area contributed by atoms with Crippen LogP contribution >= 0.6 is 0 Å². The highest BCUT2D eigenvalue weighted by Gasteiger charge is 2.46. The van der Waals surface area contributed by atoms with Crippen LogP contribution in [0.15, 0.2) is 42.5 Å². The molecule has 2 aromatic carbocycles. The molecule has 1 aliphatic carbocycles. The first-order chi connectivity index (χ1) is 14.3. The van der Waals surface area contributed by atoms with Crippen molar-refractivity contribution in [3.8, 4) is 6.07 Å². The van der Waals surface area contributed by atoms with Gasteiger partial charge in [0.2, 0.25) is 5.91 Å². The molecular formula is C22H19F4N3O. The van der Waals surface area contributed by atoms with E-state index in [-0.39, 0.29) is 29.0 Å². The molecule has 2 fully saturated rings. The van der Waals surface area contributed by atoms with E-state index in [0.717, 1.165) is 17.7 Å². The summed E-state index contributed by atoms with van der Waals surface area (Å²) in [4.78, 5) is 16.3. The van der Waals surface area contributed by atoms with Crippen molar-refractivity contribution in [1.29, 1.82) is 5.26 Å². The Morgan fingerprint density at radius 2 is 1.70 bits per heavy atom. The molecule has 156 valence electrons. The molecule has 8 heteroatoms. The number of amides is 1. The summed E-state index contributed by atoms with van der Waals surface area (Å²) in [5, 5.41) is 9.22. The maximum absolute atomic E-state index is 14.2. The van der Waals surface area contributed by atoms with Crippen molar-refractivity contribution in [2.75, 3.05) is 31.1 Å². The fourth-order valence-electron chi connectivity index (χ4n) is 4.07. The number of carbonyl (C=O) groups excluding carboxylic acids is 1. The summed E-state index contributed by atoms with van der Waals surface area (Å²) in [5.74, 6) is -0.766. The van der Waals surface area contributed by atoms with Crippen LogP contribution in [0.3, 0.4) is 0 Å². The Morgan fingerprint density at radius 1 is 1.03 bits per heavy atom. The predicted octanol–water partition coefficient (Wildman–Crippen LogP) is 4.17. The molecule has 30 heavy (non-hydrogen) atoms. The molecule has 0 aromatic heterocycles. The Hall–Kier alpha value is -3.08. The molecule has 1 unspecified atom stereocenters. The average molecular weight is 417 g/mol. The van der Waals surface area contributed by atoms with Crippen molar-refractivity contribution in [1.82, 2.24) is 4.90 Å². The molecule has 2 aromatic rings. The fourth-order valence-corrected chi connectivity index (χ4v) is 4.07. The third-order valence-electron chi connectivity index (χ3n) is 5.79. The van der Waals surface area contributed by atoms with E-state index in [0.29, 0.717) is 32.6 Å². The Kier molecular flexibility index (Phi) is 5.14. The Balaban J connectivity index is 1.37. The molecular weight excluding hydrogens is 398 g/mol. The van der Waals surface area contributed by atoms with Crippen molar-refractivity contribution < 1.29 is 22.4 Å². The third-order valence-corrected chi connectivity index (χ3v) is 5.79. The lowest BCUT2D eigenvalue weighted by Gasteiger charge is -2.36. The number of nitriles is 1. The summed E-state index contributed by atoms with van der Waals surface area (Å²) in [6, 6.07) is 11.4. The van der Waals surface area contributed by atoms with Crippen LogP contribution in [-0.2, 0) is 11.0 Å². The molecule has 0 N–H and O–H groups in total. The quantitative estimate of drug-likeness (QED) is 0.705. The predicted molar refractivity (Wildman–Crippen MR) is 102 cm³/mol. The molecule has 2 aliphatic rings. The molecule has 0 radical (unpaired) electrons. The molecule has 1 heterocycles. The zero-order chi connectivity index (χ0) is 21.5. The summed E-state index contributed by atoms with van der Waals surface area (Å²) in [6.07, 6.45) is -3.75. The zero-order valence-electron chi connectivity index (χ0n) is 16.0. The van der Waals surface area contributed by atoms with Crippen LogP contribution in [0.4, 0.5) is 23.2 Å². The summed E-state index contributed by atoms with van der Waals surface area (Å²) >= 11 is 0. The van der Waals surface area contributed by atoms with E-state index in [2.05, 4.69) is 0 Å². The van der Waals surface area contributed by atoms with E-state index in [4.69, 9.17) is 0 Å². The highest BCUT2D eigenvalue weighted by molar-refractivity contribution is 5.83. The van der Waals surface area contributed by atoms with Gasteiger partial charge in [0, 0.05) is 32.1 Å². The van der Waals surface area contributed by atoms with Gasteiger partial charge in [-0.3, -0.25) is 4.79 Å². The number of hydrogen-bond donors (Lipinski definition) is 0. The second kappa shape index (κ2) is 7.63. The summed E-state index contributed by atoms with van der Waals surface area (Å²) < 4.78 is 52.3. The maximum Gasteiger partial charge on any atom is 0.416 e.